The summed E-state index contributed by atoms with van der Waals surface area (Å²) < 4.78 is 14.0. The number of rotatable bonds is 3. The van der Waals surface area contributed by atoms with Crippen LogP contribution in [0.3, 0.4) is 0 Å². The zero-order valence-electron chi connectivity index (χ0n) is 14.8. The zero-order chi connectivity index (χ0) is 20.7. The summed E-state index contributed by atoms with van der Waals surface area (Å²) >= 11 is 1.09. The van der Waals surface area contributed by atoms with Crippen LogP contribution in [0.25, 0.3) is 10.4 Å². The fourth-order valence-electron chi connectivity index (χ4n) is 3.31. The topological polar surface area (TPSA) is 101 Å². The second-order valence-electron chi connectivity index (χ2n) is 6.44. The third-order valence-corrected chi connectivity index (χ3v) is 5.89. The molecule has 1 aromatic heterocycles. The minimum atomic E-state index is -1.04. The second kappa shape index (κ2) is 7.10. The van der Waals surface area contributed by atoms with Crippen LogP contribution in [0.5, 0.6) is 0 Å². The molecule has 29 heavy (non-hydrogen) atoms. The summed E-state index contributed by atoms with van der Waals surface area (Å²) in [7, 11) is 0. The minimum absolute atomic E-state index is 0.132. The van der Waals surface area contributed by atoms with E-state index in [1.165, 1.54) is 47.4 Å². The van der Waals surface area contributed by atoms with Gasteiger partial charge in [-0.25, -0.2) is 9.18 Å². The molecule has 0 saturated heterocycles. The predicted octanol–water partition coefficient (Wildman–Crippen LogP) is 4.36. The molecule has 146 valence electrons. The van der Waals surface area contributed by atoms with Crippen molar-refractivity contribution in [2.24, 2.45) is 0 Å². The Morgan fingerprint density at radius 3 is 2.52 bits per heavy atom. The summed E-state index contributed by atoms with van der Waals surface area (Å²) in [6.45, 7) is 0.217. The van der Waals surface area contributed by atoms with E-state index < -0.39 is 22.6 Å². The van der Waals surface area contributed by atoms with Gasteiger partial charge >= 0.3 is 5.97 Å². The molecular formula is C20H13FN2O5S. The molecule has 1 aliphatic heterocycles. The molecular weight excluding hydrogens is 399 g/mol. The zero-order valence-corrected chi connectivity index (χ0v) is 15.6. The Morgan fingerprint density at radius 2 is 1.86 bits per heavy atom. The smallest absolute Gasteiger partial charge is 0.345 e. The molecule has 1 amide bonds. The Labute approximate surface area is 167 Å². The van der Waals surface area contributed by atoms with Gasteiger partial charge in [0, 0.05) is 34.7 Å². The van der Waals surface area contributed by atoms with Crippen molar-refractivity contribution in [1.29, 1.82) is 0 Å². The lowest BCUT2D eigenvalue weighted by Gasteiger charge is -2.23. The average molecular weight is 412 g/mol. The van der Waals surface area contributed by atoms with E-state index in [1.807, 2.05) is 0 Å². The number of carbonyl (C=O) groups is 2. The average Bonchev–Trinajstić information content (AvgIpc) is 3.06. The van der Waals surface area contributed by atoms with Crippen molar-refractivity contribution < 1.29 is 24.0 Å². The summed E-state index contributed by atoms with van der Waals surface area (Å²) in [6, 6.07) is 10.8. The monoisotopic (exact) mass is 412 g/mol. The van der Waals surface area contributed by atoms with Gasteiger partial charge in [-0.2, -0.15) is 0 Å². The van der Waals surface area contributed by atoms with E-state index in [0.717, 1.165) is 16.9 Å². The van der Waals surface area contributed by atoms with Crippen molar-refractivity contribution in [2.75, 3.05) is 11.4 Å². The molecule has 0 saturated carbocycles. The SMILES string of the molecule is O=C(O)c1cc2c(s1)-c1ccc(F)cc1N(C(=O)c1ccc([N+](=O)[O-])cc1)CC2. The molecule has 0 unspecified atom stereocenters. The van der Waals surface area contributed by atoms with Gasteiger partial charge in [-0.3, -0.25) is 14.9 Å². The van der Waals surface area contributed by atoms with Crippen LogP contribution in [-0.4, -0.2) is 28.5 Å². The van der Waals surface area contributed by atoms with Gasteiger partial charge in [0.1, 0.15) is 10.7 Å². The first-order chi connectivity index (χ1) is 13.8. The molecule has 0 spiro atoms. The number of nitro groups is 1. The van der Waals surface area contributed by atoms with Crippen LogP contribution in [0.2, 0.25) is 0 Å². The highest BCUT2D eigenvalue weighted by molar-refractivity contribution is 7.17. The summed E-state index contributed by atoms with van der Waals surface area (Å²) in [5.74, 6) is -1.98. The number of carboxylic acid groups (broad SMARTS) is 1. The number of anilines is 1. The molecule has 0 bridgehead atoms. The van der Waals surface area contributed by atoms with Crippen molar-refractivity contribution in [2.45, 2.75) is 6.42 Å². The molecule has 1 N–H and O–H groups in total. The Bertz CT molecular complexity index is 1160. The Balaban J connectivity index is 1.78. The Kier molecular flexibility index (Phi) is 4.59. The van der Waals surface area contributed by atoms with Crippen molar-refractivity contribution in [3.63, 3.8) is 0 Å². The Hall–Kier alpha value is -3.59. The van der Waals surface area contributed by atoms with Gasteiger partial charge in [0.05, 0.1) is 10.6 Å². The third-order valence-electron chi connectivity index (χ3n) is 4.69. The van der Waals surface area contributed by atoms with Crippen molar-refractivity contribution >= 4 is 34.6 Å². The number of halogens is 1. The summed E-state index contributed by atoms with van der Waals surface area (Å²) in [5.41, 5.74) is 1.80. The molecule has 2 heterocycles. The maximum atomic E-state index is 14.0. The van der Waals surface area contributed by atoms with Crippen LogP contribution in [0.15, 0.2) is 48.5 Å². The van der Waals surface area contributed by atoms with Gasteiger partial charge in [-0.1, -0.05) is 0 Å². The lowest BCUT2D eigenvalue weighted by atomic mass is 10.1. The van der Waals surface area contributed by atoms with E-state index in [9.17, 15) is 29.2 Å². The maximum absolute atomic E-state index is 14.0. The molecule has 0 fully saturated rings. The van der Waals surface area contributed by atoms with E-state index in [0.29, 0.717) is 22.5 Å². The second-order valence-corrected chi connectivity index (χ2v) is 7.49. The number of hydrogen-bond acceptors (Lipinski definition) is 5. The van der Waals surface area contributed by atoms with Gasteiger partial charge in [-0.05, 0) is 48.4 Å². The van der Waals surface area contributed by atoms with Crippen LogP contribution in [0.1, 0.15) is 25.6 Å². The molecule has 7 nitrogen and oxygen atoms in total. The number of benzene rings is 2. The van der Waals surface area contributed by atoms with E-state index in [2.05, 4.69) is 0 Å². The quantitative estimate of drug-likeness (QED) is 0.509. The number of thiophene rings is 1. The summed E-state index contributed by atoms with van der Waals surface area (Å²) in [4.78, 5) is 37.0. The number of carbonyl (C=O) groups excluding carboxylic acids is 1. The standard InChI is InChI=1S/C20H13FN2O5S/c21-13-3-6-15-16(10-13)22(8-7-12-9-17(20(25)26)29-18(12)15)19(24)11-1-4-14(5-2-11)23(27)28/h1-6,9-10H,7-8H2,(H,25,26). The van der Waals surface area contributed by atoms with Crippen LogP contribution in [0.4, 0.5) is 15.8 Å². The number of nitro benzene ring substituents is 1. The lowest BCUT2D eigenvalue weighted by Crippen LogP contribution is -2.32. The number of fused-ring (bicyclic) bond motifs is 3. The number of carboxylic acids is 1. The number of non-ortho nitro benzene ring substituents is 1. The number of hydrogen-bond donors (Lipinski definition) is 1. The minimum Gasteiger partial charge on any atom is -0.477 e. The first-order valence-electron chi connectivity index (χ1n) is 8.57. The fraction of sp³-hybridized carbons (Fsp3) is 0.100. The van der Waals surface area contributed by atoms with E-state index in [-0.39, 0.29) is 22.7 Å². The number of nitrogens with zero attached hydrogens (tertiary/aromatic N) is 2. The van der Waals surface area contributed by atoms with Crippen LogP contribution < -0.4 is 4.90 Å². The predicted molar refractivity (Wildman–Crippen MR) is 105 cm³/mol. The van der Waals surface area contributed by atoms with Crippen LogP contribution in [0, 0.1) is 15.9 Å². The summed E-state index contributed by atoms with van der Waals surface area (Å²) in [5, 5.41) is 20.1. The highest BCUT2D eigenvalue weighted by Crippen LogP contribution is 2.42. The van der Waals surface area contributed by atoms with Gasteiger partial charge in [-0.15, -0.1) is 11.3 Å². The molecule has 0 atom stereocenters. The first kappa shape index (κ1) is 18.8. The molecule has 0 radical (unpaired) electrons. The lowest BCUT2D eigenvalue weighted by molar-refractivity contribution is -0.384. The van der Waals surface area contributed by atoms with Crippen molar-refractivity contribution in [3.05, 3.63) is 80.5 Å². The largest absolute Gasteiger partial charge is 0.477 e. The van der Waals surface area contributed by atoms with Gasteiger partial charge < -0.3 is 10.0 Å². The fourth-order valence-corrected chi connectivity index (χ4v) is 4.40. The molecule has 0 aliphatic carbocycles. The van der Waals surface area contributed by atoms with Gasteiger partial charge in [0.25, 0.3) is 11.6 Å². The number of amides is 1. The van der Waals surface area contributed by atoms with Gasteiger partial charge in [0.15, 0.2) is 0 Å². The highest BCUT2D eigenvalue weighted by Gasteiger charge is 2.28. The van der Waals surface area contributed by atoms with E-state index in [1.54, 1.807) is 6.07 Å². The van der Waals surface area contributed by atoms with Gasteiger partial charge in [0.2, 0.25) is 0 Å². The molecule has 1 aliphatic rings. The van der Waals surface area contributed by atoms with E-state index in [4.69, 9.17) is 0 Å². The van der Waals surface area contributed by atoms with Crippen molar-refractivity contribution in [3.8, 4) is 10.4 Å². The van der Waals surface area contributed by atoms with Crippen molar-refractivity contribution in [1.82, 2.24) is 0 Å². The number of aromatic carboxylic acids is 1. The molecule has 4 rings (SSSR count). The molecule has 3 aromatic rings. The van der Waals surface area contributed by atoms with Crippen LogP contribution in [-0.2, 0) is 6.42 Å². The third kappa shape index (κ3) is 3.36. The summed E-state index contributed by atoms with van der Waals surface area (Å²) in [6.07, 6.45) is 0.397. The normalized spacial score (nSPS) is 12.7. The van der Waals surface area contributed by atoms with E-state index >= 15 is 0 Å². The highest BCUT2D eigenvalue weighted by atomic mass is 32.1. The molecule has 2 aromatic carbocycles. The Morgan fingerprint density at radius 1 is 1.14 bits per heavy atom. The molecule has 9 heteroatoms. The van der Waals surface area contributed by atoms with Crippen LogP contribution >= 0.6 is 11.3 Å². The first-order valence-corrected chi connectivity index (χ1v) is 9.39. The maximum Gasteiger partial charge on any atom is 0.345 e.